The Balaban J connectivity index is 0. The van der Waals surface area contributed by atoms with Gasteiger partial charge in [-0.25, -0.2) is 19.2 Å². The van der Waals surface area contributed by atoms with Gasteiger partial charge in [-0.1, -0.05) is 6.07 Å². The molecule has 2 aromatic rings. The Kier molecular flexibility index (Phi) is 17.2. The summed E-state index contributed by atoms with van der Waals surface area (Å²) in [5.41, 5.74) is -1.11. The third-order valence-corrected chi connectivity index (χ3v) is 4.36. The number of hydrogen-bond acceptors (Lipinski definition) is 9. The van der Waals surface area contributed by atoms with E-state index in [2.05, 4.69) is 4.74 Å². The van der Waals surface area contributed by atoms with E-state index in [1.54, 1.807) is 0 Å². The second-order valence-electron chi connectivity index (χ2n) is 6.08. The minimum absolute atomic E-state index is 0. The maximum atomic E-state index is 10.8. The van der Waals surface area contributed by atoms with Crippen LogP contribution in [0.25, 0.3) is 0 Å². The van der Waals surface area contributed by atoms with Gasteiger partial charge in [0.05, 0.1) is 53.6 Å². The number of rotatable bonds is 9. The van der Waals surface area contributed by atoms with Crippen molar-refractivity contribution in [2.24, 2.45) is 0 Å². The van der Waals surface area contributed by atoms with Gasteiger partial charge in [0.2, 0.25) is 0 Å². The molecule has 0 aromatic heterocycles. The zero-order chi connectivity index (χ0) is 27.2. The van der Waals surface area contributed by atoms with E-state index in [0.717, 1.165) is 12.1 Å². The molecule has 0 fully saturated rings. The van der Waals surface area contributed by atoms with Gasteiger partial charge in [0, 0.05) is 29.6 Å². The molecule has 0 unspecified atom stereocenters. The van der Waals surface area contributed by atoms with Crippen LogP contribution in [0.5, 0.6) is 0 Å². The van der Waals surface area contributed by atoms with Crippen LogP contribution in [-0.4, -0.2) is 123 Å². The number of hydrogen-bond donors (Lipinski definition) is 7. The van der Waals surface area contributed by atoms with Crippen LogP contribution in [0, 0.1) is 0 Å². The Morgan fingerprint density at radius 3 is 1.28 bits per heavy atom. The smallest absolute Gasteiger partial charge is 0.335 e. The average Bonchev–Trinajstić information content (AvgIpc) is 2.79. The van der Waals surface area contributed by atoms with Crippen molar-refractivity contribution in [1.29, 1.82) is 0 Å². The number of carboxylic acid groups (broad SMARTS) is 4. The molecule has 0 saturated carbocycles. The van der Waals surface area contributed by atoms with E-state index >= 15 is 0 Å². The molecule has 0 amide bonds. The number of aliphatic hydroxyl groups is 2. The van der Waals surface area contributed by atoms with Crippen molar-refractivity contribution in [2.75, 3.05) is 26.4 Å². The first-order valence-electron chi connectivity index (χ1n) is 9.19. The van der Waals surface area contributed by atoms with Crippen molar-refractivity contribution in [3.63, 3.8) is 0 Å². The van der Waals surface area contributed by atoms with E-state index in [1.807, 2.05) is 0 Å². The molecular weight excluding hydrogens is 519 g/mol. The first-order chi connectivity index (χ1) is 16.2. The minimum atomic E-state index is -4.64. The number of benzene rings is 2. The zero-order valence-corrected chi connectivity index (χ0v) is 21.6. The molecule has 193 valence electrons. The van der Waals surface area contributed by atoms with Gasteiger partial charge in [-0.2, -0.15) is 8.42 Å². The maximum Gasteiger partial charge on any atom is 0.335 e. The summed E-state index contributed by atoms with van der Waals surface area (Å²) >= 11 is 0. The molecule has 0 aliphatic heterocycles. The fraction of sp³-hybridized carbons (Fsp3) is 0.200. The monoisotopic (exact) mass is 541 g/mol. The fourth-order valence-corrected chi connectivity index (χ4v) is 2.56. The summed E-state index contributed by atoms with van der Waals surface area (Å²) in [4.78, 5) is 41.2. The van der Waals surface area contributed by atoms with Gasteiger partial charge in [0.1, 0.15) is 0 Å². The molecule has 0 heterocycles. The minimum Gasteiger partial charge on any atom is -0.478 e. The van der Waals surface area contributed by atoms with Crippen LogP contribution in [0.2, 0.25) is 0 Å². The van der Waals surface area contributed by atoms with Crippen LogP contribution in [0.15, 0.2) is 47.4 Å². The second kappa shape index (κ2) is 17.5. The van der Waals surface area contributed by atoms with Crippen molar-refractivity contribution in [3.05, 3.63) is 64.7 Å². The summed E-state index contributed by atoms with van der Waals surface area (Å²) in [7, 11) is -4.64. The van der Waals surface area contributed by atoms with E-state index < -0.39 is 50.0 Å². The van der Waals surface area contributed by atoms with Crippen LogP contribution in [0.4, 0.5) is 0 Å². The van der Waals surface area contributed by atoms with Crippen molar-refractivity contribution in [3.8, 4) is 0 Å². The Hall–Kier alpha value is -2.89. The van der Waals surface area contributed by atoms with Crippen molar-refractivity contribution >= 4 is 63.6 Å². The molecule has 0 spiro atoms. The van der Waals surface area contributed by atoms with Crippen molar-refractivity contribution < 1.29 is 67.5 Å². The third kappa shape index (κ3) is 13.9. The summed E-state index contributed by atoms with van der Waals surface area (Å²) in [5, 5.41) is 50.4. The van der Waals surface area contributed by atoms with E-state index in [9.17, 15) is 27.6 Å². The standard InChI is InChI=1S/C8H6O7S.C8H6O4.C4H10O3.Na/c9-7(10)4-1-5(8(11)12)3-6(2-4)16(13,14)15;9-7(10)5-2-1-3-6(4-5)8(11)12;5-1-3-7-4-2-6;/h1-3H,(H,9,10)(H,11,12)(H,13,14,15);1-4H,(H,9,10)(H,11,12);5-6H,1-4H2;. The van der Waals surface area contributed by atoms with E-state index in [-0.39, 0.29) is 53.9 Å². The fourth-order valence-electron chi connectivity index (χ4n) is 2.01. The van der Waals surface area contributed by atoms with Gasteiger partial charge in [-0.15, -0.1) is 0 Å². The number of ether oxygens (including phenoxy) is 1. The van der Waals surface area contributed by atoms with Crippen molar-refractivity contribution in [2.45, 2.75) is 4.90 Å². The zero-order valence-electron chi connectivity index (χ0n) is 18.8. The second-order valence-corrected chi connectivity index (χ2v) is 7.50. The quantitative estimate of drug-likeness (QED) is 0.125. The van der Waals surface area contributed by atoms with Gasteiger partial charge in [-0.05, 0) is 36.4 Å². The number of aromatic carboxylic acids is 4. The Bertz CT molecular complexity index is 1080. The van der Waals surface area contributed by atoms with E-state index in [1.165, 1.54) is 18.2 Å². The molecule has 0 atom stereocenters. The first kappa shape index (κ1) is 35.3. The van der Waals surface area contributed by atoms with Gasteiger partial charge in [-0.3, -0.25) is 4.55 Å². The topological polar surface area (TPSA) is 253 Å². The van der Waals surface area contributed by atoms with E-state index in [0.29, 0.717) is 25.3 Å². The SMILES string of the molecule is O=C(O)c1cc(C(=O)O)cc(S(=O)(=O)O)c1.O=C(O)c1cccc(C(=O)O)c1.OCCOCCO.[Na]. The molecule has 0 aliphatic carbocycles. The molecule has 14 nitrogen and oxygen atoms in total. The first-order valence-corrected chi connectivity index (χ1v) is 10.6. The normalized spacial score (nSPS) is 9.86. The molecule has 0 aliphatic rings. The van der Waals surface area contributed by atoms with Crippen LogP contribution < -0.4 is 0 Å². The van der Waals surface area contributed by atoms with Crippen molar-refractivity contribution in [1.82, 2.24) is 0 Å². The Labute approximate surface area is 226 Å². The van der Waals surface area contributed by atoms with Crippen LogP contribution in [-0.2, 0) is 14.9 Å². The van der Waals surface area contributed by atoms with E-state index in [4.69, 9.17) is 35.2 Å². The summed E-state index contributed by atoms with van der Waals surface area (Å²) in [5.74, 6) is -5.24. The molecule has 0 saturated heterocycles. The molecule has 0 bridgehead atoms. The molecule has 36 heavy (non-hydrogen) atoms. The molecule has 2 rings (SSSR count). The van der Waals surface area contributed by atoms with Crippen LogP contribution >= 0.6 is 0 Å². The molecule has 2 aromatic carbocycles. The molecule has 16 heteroatoms. The van der Waals surface area contributed by atoms with Gasteiger partial charge >= 0.3 is 23.9 Å². The van der Waals surface area contributed by atoms with Crippen LogP contribution in [0.3, 0.4) is 0 Å². The van der Waals surface area contributed by atoms with Gasteiger partial charge in [0.25, 0.3) is 10.1 Å². The molecular formula is C20H22NaO14S. The maximum absolute atomic E-state index is 10.8. The summed E-state index contributed by atoms with van der Waals surface area (Å²) < 4.78 is 34.8. The average molecular weight is 541 g/mol. The predicted molar refractivity (Wildman–Crippen MR) is 121 cm³/mol. The van der Waals surface area contributed by atoms with Gasteiger partial charge < -0.3 is 35.4 Å². The third-order valence-electron chi connectivity index (χ3n) is 3.53. The van der Waals surface area contributed by atoms with Gasteiger partial charge in [0.15, 0.2) is 0 Å². The summed E-state index contributed by atoms with van der Waals surface area (Å²) in [6.45, 7) is 0.696. The van der Waals surface area contributed by atoms with Crippen LogP contribution in [0.1, 0.15) is 41.4 Å². The molecule has 1 radical (unpaired) electrons. The summed E-state index contributed by atoms with van der Waals surface area (Å²) in [6.07, 6.45) is 0. The number of carbonyl (C=O) groups is 4. The number of carboxylic acids is 4. The summed E-state index contributed by atoms with van der Waals surface area (Å²) in [6, 6.07) is 7.33. The molecule has 7 N–H and O–H groups in total. The largest absolute Gasteiger partial charge is 0.478 e. The Morgan fingerprint density at radius 2 is 1.00 bits per heavy atom. The predicted octanol–water partition coefficient (Wildman–Crippen LogP) is 0.0195. The Morgan fingerprint density at radius 1 is 0.667 bits per heavy atom. The number of aliphatic hydroxyl groups excluding tert-OH is 2.